The number of hydrogen-bond acceptors (Lipinski definition) is 5. The van der Waals surface area contributed by atoms with Gasteiger partial charge in [-0.05, 0) is 43.5 Å². The molecule has 0 bridgehead atoms. The van der Waals surface area contributed by atoms with Gasteiger partial charge in [0.2, 0.25) is 15.9 Å². The van der Waals surface area contributed by atoms with Crippen LogP contribution in [0.2, 0.25) is 0 Å². The molecule has 1 fully saturated rings. The summed E-state index contributed by atoms with van der Waals surface area (Å²) in [6.45, 7) is 3.99. The zero-order valence-electron chi connectivity index (χ0n) is 15.8. The van der Waals surface area contributed by atoms with Gasteiger partial charge in [0.1, 0.15) is 6.26 Å². The van der Waals surface area contributed by atoms with Gasteiger partial charge in [-0.2, -0.15) is 0 Å². The van der Waals surface area contributed by atoms with E-state index in [1.54, 1.807) is 30.0 Å². The lowest BCUT2D eigenvalue weighted by Gasteiger charge is -2.32. The maximum atomic E-state index is 12.8. The van der Waals surface area contributed by atoms with Gasteiger partial charge >= 0.3 is 0 Å². The van der Waals surface area contributed by atoms with Crippen LogP contribution in [0.25, 0.3) is 0 Å². The number of sulfonamides is 1. The average Bonchev–Trinajstić information content (AvgIpc) is 3.17. The van der Waals surface area contributed by atoms with E-state index in [0.29, 0.717) is 42.7 Å². The number of anilines is 1. The molecule has 1 aromatic heterocycles. The van der Waals surface area contributed by atoms with Gasteiger partial charge in [0.25, 0.3) is 5.91 Å². The summed E-state index contributed by atoms with van der Waals surface area (Å²) in [7, 11) is -3.75. The second-order valence-corrected chi connectivity index (χ2v) is 8.54. The van der Waals surface area contributed by atoms with Crippen LogP contribution in [0.1, 0.15) is 35.7 Å². The van der Waals surface area contributed by atoms with Crippen LogP contribution in [0.4, 0.5) is 5.69 Å². The van der Waals surface area contributed by atoms with E-state index < -0.39 is 10.0 Å². The fourth-order valence-electron chi connectivity index (χ4n) is 3.22. The van der Waals surface area contributed by atoms with Crippen molar-refractivity contribution < 1.29 is 22.4 Å². The highest BCUT2D eigenvalue weighted by Gasteiger charge is 2.28. The number of likely N-dealkylation sites (tertiary alicyclic amines) is 1. The SMILES string of the molecule is CC(=O)Nc1ccc(C)c(S(=O)(=O)NC2CCN(C(=O)c3ccoc3)CC2)c1. The molecule has 9 heteroatoms. The summed E-state index contributed by atoms with van der Waals surface area (Å²) in [5.41, 5.74) is 1.51. The van der Waals surface area contributed by atoms with Crippen molar-refractivity contribution in [3.05, 3.63) is 47.9 Å². The Labute approximate surface area is 164 Å². The molecule has 2 aromatic rings. The number of hydrogen-bond donors (Lipinski definition) is 2. The highest BCUT2D eigenvalue weighted by Crippen LogP contribution is 2.22. The van der Waals surface area contributed by atoms with Gasteiger partial charge in [-0.15, -0.1) is 0 Å². The van der Waals surface area contributed by atoms with Crippen LogP contribution in [0.5, 0.6) is 0 Å². The zero-order valence-corrected chi connectivity index (χ0v) is 16.6. The van der Waals surface area contributed by atoms with E-state index in [-0.39, 0.29) is 22.8 Å². The fraction of sp³-hybridized carbons (Fsp3) is 0.368. The second kappa shape index (κ2) is 8.15. The number of nitrogens with zero attached hydrogens (tertiary/aromatic N) is 1. The minimum Gasteiger partial charge on any atom is -0.472 e. The molecule has 0 radical (unpaired) electrons. The van der Waals surface area contributed by atoms with Gasteiger partial charge in [-0.25, -0.2) is 13.1 Å². The van der Waals surface area contributed by atoms with Crippen molar-refractivity contribution in [2.75, 3.05) is 18.4 Å². The van der Waals surface area contributed by atoms with Crippen LogP contribution in [0, 0.1) is 6.92 Å². The number of carbonyl (C=O) groups excluding carboxylic acids is 2. The van der Waals surface area contributed by atoms with E-state index in [9.17, 15) is 18.0 Å². The van der Waals surface area contributed by atoms with Crippen molar-refractivity contribution >= 4 is 27.5 Å². The largest absolute Gasteiger partial charge is 0.472 e. The van der Waals surface area contributed by atoms with Crippen molar-refractivity contribution in [3.8, 4) is 0 Å². The number of furan rings is 1. The van der Waals surface area contributed by atoms with E-state index in [1.807, 2.05) is 0 Å². The molecule has 0 unspecified atom stereocenters. The predicted octanol–water partition coefficient (Wildman–Crippen LogP) is 2.13. The molecule has 3 rings (SSSR count). The Morgan fingerprint density at radius 3 is 2.50 bits per heavy atom. The number of nitrogens with one attached hydrogen (secondary N) is 2. The smallest absolute Gasteiger partial charge is 0.257 e. The van der Waals surface area contributed by atoms with E-state index in [0.717, 1.165) is 0 Å². The van der Waals surface area contributed by atoms with Gasteiger partial charge in [0, 0.05) is 31.7 Å². The molecular formula is C19H23N3O5S. The molecule has 1 saturated heterocycles. The normalized spacial score (nSPS) is 15.4. The molecule has 2 amide bonds. The maximum Gasteiger partial charge on any atom is 0.257 e. The van der Waals surface area contributed by atoms with Gasteiger partial charge in [0.15, 0.2) is 0 Å². The molecule has 0 spiro atoms. The average molecular weight is 405 g/mol. The topological polar surface area (TPSA) is 109 Å². The summed E-state index contributed by atoms with van der Waals surface area (Å²) in [5, 5.41) is 2.60. The molecule has 0 aliphatic carbocycles. The van der Waals surface area contributed by atoms with Gasteiger partial charge in [0.05, 0.1) is 16.7 Å². The Balaban J connectivity index is 1.66. The zero-order chi connectivity index (χ0) is 20.3. The van der Waals surface area contributed by atoms with Crippen molar-refractivity contribution in [1.82, 2.24) is 9.62 Å². The third-order valence-corrected chi connectivity index (χ3v) is 6.33. The first-order chi connectivity index (χ1) is 13.3. The van der Waals surface area contributed by atoms with Crippen molar-refractivity contribution in [1.29, 1.82) is 0 Å². The fourth-order valence-corrected chi connectivity index (χ4v) is 4.80. The van der Waals surface area contributed by atoms with Crippen LogP contribution < -0.4 is 10.0 Å². The maximum absolute atomic E-state index is 12.8. The standard InChI is InChI=1S/C19H23N3O5S/c1-13-3-4-17(20-14(2)23)11-18(13)28(25,26)21-16-5-8-22(9-6-16)19(24)15-7-10-27-12-15/h3-4,7,10-12,16,21H,5-6,8-9H2,1-2H3,(H,20,23). The summed E-state index contributed by atoms with van der Waals surface area (Å²) in [6, 6.07) is 6.13. The van der Waals surface area contributed by atoms with E-state index in [1.165, 1.54) is 25.5 Å². The lowest BCUT2D eigenvalue weighted by atomic mass is 10.1. The minimum absolute atomic E-state index is 0.117. The minimum atomic E-state index is -3.75. The number of benzene rings is 1. The van der Waals surface area contributed by atoms with Gasteiger partial charge in [-0.1, -0.05) is 6.07 Å². The molecule has 2 heterocycles. The first-order valence-electron chi connectivity index (χ1n) is 8.98. The lowest BCUT2D eigenvalue weighted by molar-refractivity contribution is -0.114. The van der Waals surface area contributed by atoms with Crippen LogP contribution >= 0.6 is 0 Å². The van der Waals surface area contributed by atoms with Crippen LogP contribution in [0.3, 0.4) is 0 Å². The number of piperidine rings is 1. The van der Waals surface area contributed by atoms with Crippen LogP contribution in [-0.2, 0) is 14.8 Å². The predicted molar refractivity (Wildman–Crippen MR) is 103 cm³/mol. The van der Waals surface area contributed by atoms with E-state index >= 15 is 0 Å². The van der Waals surface area contributed by atoms with Crippen molar-refractivity contribution in [2.24, 2.45) is 0 Å². The van der Waals surface area contributed by atoms with E-state index in [4.69, 9.17) is 4.42 Å². The Kier molecular flexibility index (Phi) is 5.85. The lowest BCUT2D eigenvalue weighted by Crippen LogP contribution is -2.46. The Bertz CT molecular complexity index is 961. The highest BCUT2D eigenvalue weighted by molar-refractivity contribution is 7.89. The quantitative estimate of drug-likeness (QED) is 0.792. The first kappa shape index (κ1) is 20.1. The summed E-state index contributed by atoms with van der Waals surface area (Å²) < 4.78 is 33.4. The Morgan fingerprint density at radius 2 is 1.89 bits per heavy atom. The second-order valence-electron chi connectivity index (χ2n) is 6.86. The van der Waals surface area contributed by atoms with Crippen molar-refractivity contribution in [2.45, 2.75) is 37.6 Å². The Morgan fingerprint density at radius 1 is 1.18 bits per heavy atom. The highest BCUT2D eigenvalue weighted by atomic mass is 32.2. The molecule has 0 saturated carbocycles. The molecular weight excluding hydrogens is 382 g/mol. The molecule has 1 aliphatic heterocycles. The Hall–Kier alpha value is -2.65. The summed E-state index contributed by atoms with van der Waals surface area (Å²) >= 11 is 0. The molecule has 1 aliphatic rings. The van der Waals surface area contributed by atoms with Gasteiger partial charge in [-0.3, -0.25) is 9.59 Å². The van der Waals surface area contributed by atoms with E-state index in [2.05, 4.69) is 10.0 Å². The van der Waals surface area contributed by atoms with Crippen LogP contribution in [-0.4, -0.2) is 44.3 Å². The molecule has 1 aromatic carbocycles. The van der Waals surface area contributed by atoms with Crippen LogP contribution in [0.15, 0.2) is 46.1 Å². The molecule has 28 heavy (non-hydrogen) atoms. The number of rotatable bonds is 5. The molecule has 0 atom stereocenters. The third kappa shape index (κ3) is 4.60. The first-order valence-corrected chi connectivity index (χ1v) is 10.5. The monoisotopic (exact) mass is 405 g/mol. The third-order valence-electron chi connectivity index (χ3n) is 4.67. The molecule has 2 N–H and O–H groups in total. The number of aryl methyl sites for hydroxylation is 1. The number of carbonyl (C=O) groups is 2. The summed E-state index contributed by atoms with van der Waals surface area (Å²) in [5.74, 6) is -0.385. The summed E-state index contributed by atoms with van der Waals surface area (Å²) in [6.07, 6.45) is 3.90. The summed E-state index contributed by atoms with van der Waals surface area (Å²) in [4.78, 5) is 25.4. The molecule has 150 valence electrons. The van der Waals surface area contributed by atoms with Gasteiger partial charge < -0.3 is 14.6 Å². The molecule has 8 nitrogen and oxygen atoms in total. The number of amides is 2. The van der Waals surface area contributed by atoms with Crippen molar-refractivity contribution in [3.63, 3.8) is 0 Å².